The Morgan fingerprint density at radius 2 is 1.92 bits per heavy atom. The summed E-state index contributed by atoms with van der Waals surface area (Å²) < 4.78 is 0. The van der Waals surface area contributed by atoms with E-state index < -0.39 is 36.5 Å². The number of amides is 3. The Morgan fingerprint density at radius 3 is 2.50 bits per heavy atom. The van der Waals surface area contributed by atoms with Crippen molar-refractivity contribution in [2.24, 2.45) is 11.5 Å². The molecule has 0 unspecified atom stereocenters. The molecule has 2 rings (SSSR count). The Morgan fingerprint density at radius 1 is 1.27 bits per heavy atom. The van der Waals surface area contributed by atoms with E-state index in [1.165, 1.54) is 17.0 Å². The van der Waals surface area contributed by atoms with E-state index >= 15 is 0 Å². The molecule has 3 amide bonds. The van der Waals surface area contributed by atoms with Crippen LogP contribution in [0.15, 0.2) is 24.3 Å². The summed E-state index contributed by atoms with van der Waals surface area (Å²) in [6.45, 7) is -0.220. The molecule has 0 spiro atoms. The number of hydrogen-bond donors (Lipinski definition) is 5. The zero-order chi connectivity index (χ0) is 19.3. The maximum atomic E-state index is 12.7. The molecule has 1 aromatic rings. The summed E-state index contributed by atoms with van der Waals surface area (Å²) in [6, 6.07) is 3.60. The van der Waals surface area contributed by atoms with E-state index in [9.17, 15) is 19.5 Å². The number of aliphatic hydroxyl groups excluding tert-OH is 1. The smallest absolute Gasteiger partial charge is 0.243 e. The third kappa shape index (κ3) is 4.70. The van der Waals surface area contributed by atoms with E-state index in [-0.39, 0.29) is 18.1 Å². The lowest BCUT2D eigenvalue weighted by Gasteiger charge is -2.27. The second-order valence-electron chi connectivity index (χ2n) is 6.31. The number of nitrogens with two attached hydrogens (primary N) is 2. The second kappa shape index (κ2) is 8.63. The van der Waals surface area contributed by atoms with Crippen LogP contribution in [0.2, 0.25) is 0 Å². The van der Waals surface area contributed by atoms with Crippen LogP contribution in [0.1, 0.15) is 18.4 Å². The lowest BCUT2D eigenvalue weighted by atomic mass is 10.0. The first-order valence-corrected chi connectivity index (χ1v) is 8.38. The minimum atomic E-state index is -1.19. The fraction of sp³-hybridized carbons (Fsp3) is 0.471. The number of rotatable bonds is 7. The minimum absolute atomic E-state index is 0.123. The molecule has 3 atom stereocenters. The summed E-state index contributed by atoms with van der Waals surface area (Å²) in [5.74, 6) is -1.63. The van der Waals surface area contributed by atoms with Gasteiger partial charge in [0.05, 0.1) is 12.6 Å². The number of hydrogen-bond acceptors (Lipinski definition) is 6. The summed E-state index contributed by atoms with van der Waals surface area (Å²) in [7, 11) is 0. The van der Waals surface area contributed by atoms with E-state index in [1.54, 1.807) is 12.1 Å². The number of phenols is 1. The number of primary amides is 1. The Bertz CT molecular complexity index is 664. The molecule has 0 aliphatic carbocycles. The predicted octanol–water partition coefficient (Wildman–Crippen LogP) is -1.78. The molecule has 26 heavy (non-hydrogen) atoms. The van der Waals surface area contributed by atoms with E-state index in [4.69, 9.17) is 16.6 Å². The van der Waals surface area contributed by atoms with Crippen molar-refractivity contribution in [1.29, 1.82) is 0 Å². The number of phenolic OH excluding ortho intramolecular Hbond substituents is 1. The first kappa shape index (κ1) is 19.7. The maximum absolute atomic E-state index is 12.7. The third-order valence-corrected chi connectivity index (χ3v) is 4.39. The molecule has 142 valence electrons. The number of aromatic hydroxyl groups is 1. The minimum Gasteiger partial charge on any atom is -0.508 e. The lowest BCUT2D eigenvalue weighted by molar-refractivity contribution is -0.140. The molecule has 9 heteroatoms. The normalized spacial score (nSPS) is 19.0. The van der Waals surface area contributed by atoms with Gasteiger partial charge in [-0.15, -0.1) is 0 Å². The van der Waals surface area contributed by atoms with Crippen LogP contribution in [0.4, 0.5) is 0 Å². The van der Waals surface area contributed by atoms with Gasteiger partial charge in [-0.2, -0.15) is 0 Å². The fourth-order valence-corrected chi connectivity index (χ4v) is 2.96. The monoisotopic (exact) mass is 364 g/mol. The first-order valence-electron chi connectivity index (χ1n) is 8.38. The van der Waals surface area contributed by atoms with Gasteiger partial charge in [0.25, 0.3) is 0 Å². The van der Waals surface area contributed by atoms with Gasteiger partial charge < -0.3 is 31.9 Å². The molecule has 0 aromatic heterocycles. The molecule has 7 N–H and O–H groups in total. The highest BCUT2D eigenvalue weighted by Gasteiger charge is 2.37. The van der Waals surface area contributed by atoms with Crippen LogP contribution in [0, 0.1) is 0 Å². The van der Waals surface area contributed by atoms with Gasteiger partial charge in [-0.05, 0) is 37.0 Å². The number of nitrogens with zero attached hydrogens (tertiary/aromatic N) is 1. The number of aliphatic hydroxyl groups is 1. The van der Waals surface area contributed by atoms with Crippen LogP contribution < -0.4 is 16.8 Å². The quantitative estimate of drug-likeness (QED) is 0.384. The van der Waals surface area contributed by atoms with Crippen molar-refractivity contribution in [1.82, 2.24) is 10.2 Å². The molecule has 0 radical (unpaired) electrons. The lowest BCUT2D eigenvalue weighted by Crippen LogP contribution is -2.55. The van der Waals surface area contributed by atoms with Gasteiger partial charge in [-0.3, -0.25) is 14.4 Å². The summed E-state index contributed by atoms with van der Waals surface area (Å²) in [5.41, 5.74) is 11.9. The molecule has 1 heterocycles. The molecule has 1 saturated heterocycles. The third-order valence-electron chi connectivity index (χ3n) is 4.39. The largest absolute Gasteiger partial charge is 0.508 e. The number of benzene rings is 1. The second-order valence-corrected chi connectivity index (χ2v) is 6.31. The van der Waals surface area contributed by atoms with Gasteiger partial charge >= 0.3 is 0 Å². The van der Waals surface area contributed by atoms with Crippen molar-refractivity contribution in [2.45, 2.75) is 37.4 Å². The molecular formula is C17H24N4O5. The van der Waals surface area contributed by atoms with Crippen molar-refractivity contribution in [3.8, 4) is 5.75 Å². The average Bonchev–Trinajstić information content (AvgIpc) is 3.10. The Hall–Kier alpha value is -2.65. The molecule has 0 bridgehead atoms. The Balaban J connectivity index is 2.01. The number of likely N-dealkylation sites (tertiary alicyclic amines) is 1. The highest BCUT2D eigenvalue weighted by Crippen LogP contribution is 2.20. The van der Waals surface area contributed by atoms with Crippen molar-refractivity contribution in [3.63, 3.8) is 0 Å². The first-order chi connectivity index (χ1) is 12.3. The van der Waals surface area contributed by atoms with Crippen molar-refractivity contribution in [2.75, 3.05) is 13.2 Å². The van der Waals surface area contributed by atoms with Crippen LogP contribution in [0.5, 0.6) is 5.75 Å². The molecule has 9 nitrogen and oxygen atoms in total. The van der Waals surface area contributed by atoms with Crippen molar-refractivity contribution < 1.29 is 24.6 Å². The summed E-state index contributed by atoms with van der Waals surface area (Å²) in [5, 5.41) is 20.8. The molecule has 1 aliphatic rings. The predicted molar refractivity (Wildman–Crippen MR) is 92.7 cm³/mol. The SMILES string of the molecule is NC(=O)[C@H](CO)NC(=O)[C@H]1CCCN1C(=O)[C@@H](N)Cc1ccc(O)cc1. The van der Waals surface area contributed by atoms with Gasteiger partial charge in [-0.1, -0.05) is 12.1 Å². The van der Waals surface area contributed by atoms with E-state index in [0.29, 0.717) is 19.4 Å². The van der Waals surface area contributed by atoms with Crippen LogP contribution in [0.25, 0.3) is 0 Å². The van der Waals surface area contributed by atoms with Gasteiger partial charge in [0, 0.05) is 6.54 Å². The molecule has 1 aliphatic heterocycles. The summed E-state index contributed by atoms with van der Waals surface area (Å²) in [4.78, 5) is 37.6. The average molecular weight is 364 g/mol. The molecule has 1 fully saturated rings. The van der Waals surface area contributed by atoms with Crippen LogP contribution >= 0.6 is 0 Å². The maximum Gasteiger partial charge on any atom is 0.243 e. The number of carbonyl (C=O) groups excluding carboxylic acids is 3. The zero-order valence-electron chi connectivity index (χ0n) is 14.3. The fourth-order valence-electron chi connectivity index (χ4n) is 2.96. The van der Waals surface area contributed by atoms with E-state index in [1.807, 2.05) is 0 Å². The van der Waals surface area contributed by atoms with Crippen molar-refractivity contribution in [3.05, 3.63) is 29.8 Å². The van der Waals surface area contributed by atoms with Gasteiger partial charge in [0.15, 0.2) is 0 Å². The van der Waals surface area contributed by atoms with Gasteiger partial charge in [0.2, 0.25) is 17.7 Å². The highest BCUT2D eigenvalue weighted by molar-refractivity contribution is 5.93. The Labute approximate surface area is 151 Å². The van der Waals surface area contributed by atoms with Crippen LogP contribution in [-0.2, 0) is 20.8 Å². The van der Waals surface area contributed by atoms with Crippen molar-refractivity contribution >= 4 is 17.7 Å². The van der Waals surface area contributed by atoms with Crippen LogP contribution in [0.3, 0.4) is 0 Å². The number of nitrogens with one attached hydrogen (secondary N) is 1. The summed E-state index contributed by atoms with van der Waals surface area (Å²) >= 11 is 0. The summed E-state index contributed by atoms with van der Waals surface area (Å²) in [6.07, 6.45) is 1.35. The highest BCUT2D eigenvalue weighted by atomic mass is 16.3. The van der Waals surface area contributed by atoms with E-state index in [2.05, 4.69) is 5.32 Å². The topological polar surface area (TPSA) is 159 Å². The van der Waals surface area contributed by atoms with Gasteiger partial charge in [0.1, 0.15) is 17.8 Å². The standard InChI is InChI=1S/C17H24N4O5/c18-12(8-10-3-5-11(23)6-4-10)17(26)21-7-1-2-14(21)16(25)20-13(9-22)15(19)24/h3-6,12-14,22-23H,1-2,7-9,18H2,(H2,19,24)(H,20,25)/t12-,13-,14+/m0/s1. The number of carbonyl (C=O) groups is 3. The van der Waals surface area contributed by atoms with Crippen LogP contribution in [-0.4, -0.2) is 64.1 Å². The van der Waals surface area contributed by atoms with E-state index in [0.717, 1.165) is 5.56 Å². The molecular weight excluding hydrogens is 340 g/mol. The molecule has 0 saturated carbocycles. The zero-order valence-corrected chi connectivity index (χ0v) is 14.3. The molecule has 1 aromatic carbocycles. The van der Waals surface area contributed by atoms with Gasteiger partial charge in [-0.25, -0.2) is 0 Å². The Kier molecular flexibility index (Phi) is 6.53.